The van der Waals surface area contributed by atoms with Crippen molar-refractivity contribution in [3.63, 3.8) is 0 Å². The molecule has 4 aliphatic rings. The van der Waals surface area contributed by atoms with Gasteiger partial charge in [0.15, 0.2) is 0 Å². The van der Waals surface area contributed by atoms with Crippen molar-refractivity contribution in [2.75, 3.05) is 0 Å². The van der Waals surface area contributed by atoms with Crippen LogP contribution in [0.25, 0.3) is 0 Å². The normalized spacial score (nSPS) is 53.7. The van der Waals surface area contributed by atoms with Gasteiger partial charge in [-0.15, -0.1) is 0 Å². The summed E-state index contributed by atoms with van der Waals surface area (Å²) in [5, 5.41) is 0. The first-order valence-electron chi connectivity index (χ1n) is 10.2. The Morgan fingerprint density at radius 1 is 0.958 bits per heavy atom. The molecule has 0 saturated heterocycles. The monoisotopic (exact) mass is 336 g/mol. The number of ether oxygens (including phenoxy) is 1. The Kier molecular flexibility index (Phi) is 4.01. The van der Waals surface area contributed by atoms with Gasteiger partial charge in [0.2, 0.25) is 0 Å². The first-order valence-corrected chi connectivity index (χ1v) is 10.2. The van der Waals surface area contributed by atoms with Crippen LogP contribution in [0.2, 0.25) is 0 Å². The second-order valence-electron chi connectivity index (χ2n) is 9.75. The van der Waals surface area contributed by atoms with E-state index in [-0.39, 0.29) is 17.5 Å². The minimum Gasteiger partial charge on any atom is -0.462 e. The van der Waals surface area contributed by atoms with Crippen molar-refractivity contribution in [2.45, 2.75) is 90.8 Å². The molecule has 4 saturated carbocycles. The summed E-state index contributed by atoms with van der Waals surface area (Å²) in [6.45, 7) is 6.40. The standard InChI is InChI=1S/C21H33FO2/c1-13(23)24-19-7-6-17-16-5-4-14-12-15(22)8-10-20(14,2)18(16)9-11-21(17,19)3/h14-19H,4-12H2,1-3H3/t14-,15-,16-,17-,18-,19-,20-,21-/m0/s1. The van der Waals surface area contributed by atoms with Gasteiger partial charge in [0, 0.05) is 12.3 Å². The van der Waals surface area contributed by atoms with Crippen LogP contribution in [0.1, 0.15) is 78.6 Å². The van der Waals surface area contributed by atoms with E-state index in [0.29, 0.717) is 17.3 Å². The van der Waals surface area contributed by atoms with Gasteiger partial charge in [0.1, 0.15) is 12.3 Å². The third-order valence-electron chi connectivity index (χ3n) is 8.82. The molecule has 4 fully saturated rings. The Morgan fingerprint density at radius 2 is 1.67 bits per heavy atom. The molecule has 0 heterocycles. The van der Waals surface area contributed by atoms with Crippen molar-refractivity contribution in [3.05, 3.63) is 0 Å². The molecule has 3 heteroatoms. The molecule has 4 rings (SSSR count). The highest BCUT2D eigenvalue weighted by Crippen LogP contribution is 2.66. The summed E-state index contributed by atoms with van der Waals surface area (Å²) >= 11 is 0. The largest absolute Gasteiger partial charge is 0.462 e. The van der Waals surface area contributed by atoms with E-state index in [4.69, 9.17) is 4.74 Å². The SMILES string of the molecule is CC(=O)O[C@H]1CC[C@H]2[C@@H]3CC[C@H]4C[C@@H](F)CC[C@]4(C)[C@H]3CC[C@]12C. The van der Waals surface area contributed by atoms with Crippen molar-refractivity contribution in [2.24, 2.45) is 34.5 Å². The average Bonchev–Trinajstić information content (AvgIpc) is 2.84. The molecule has 136 valence electrons. The summed E-state index contributed by atoms with van der Waals surface area (Å²) in [4.78, 5) is 11.5. The number of carbonyl (C=O) groups is 1. The number of rotatable bonds is 1. The highest BCUT2D eigenvalue weighted by molar-refractivity contribution is 5.66. The maximum absolute atomic E-state index is 13.9. The number of hydrogen-bond acceptors (Lipinski definition) is 2. The molecule has 0 aromatic rings. The summed E-state index contributed by atoms with van der Waals surface area (Å²) in [6, 6.07) is 0. The second-order valence-corrected chi connectivity index (χ2v) is 9.75. The van der Waals surface area contributed by atoms with E-state index in [1.54, 1.807) is 6.92 Å². The van der Waals surface area contributed by atoms with E-state index >= 15 is 0 Å². The number of carbonyl (C=O) groups excluding carboxylic acids is 1. The fourth-order valence-electron chi connectivity index (χ4n) is 7.55. The lowest BCUT2D eigenvalue weighted by molar-refractivity contribution is -0.162. The summed E-state index contributed by atoms with van der Waals surface area (Å²) in [6.07, 6.45) is 9.37. The number of alkyl halides is 1. The molecule has 24 heavy (non-hydrogen) atoms. The van der Waals surface area contributed by atoms with Gasteiger partial charge < -0.3 is 4.74 Å². The Morgan fingerprint density at radius 3 is 2.42 bits per heavy atom. The zero-order valence-corrected chi connectivity index (χ0v) is 15.5. The third-order valence-corrected chi connectivity index (χ3v) is 8.82. The number of esters is 1. The fraction of sp³-hybridized carbons (Fsp3) is 0.952. The van der Waals surface area contributed by atoms with Crippen LogP contribution in [0.15, 0.2) is 0 Å². The molecule has 0 spiro atoms. The number of fused-ring (bicyclic) bond motifs is 5. The van der Waals surface area contributed by atoms with E-state index in [2.05, 4.69) is 13.8 Å². The van der Waals surface area contributed by atoms with Gasteiger partial charge in [-0.3, -0.25) is 4.79 Å². The molecule has 0 bridgehead atoms. The lowest BCUT2D eigenvalue weighted by atomic mass is 9.45. The van der Waals surface area contributed by atoms with Crippen LogP contribution in [0.3, 0.4) is 0 Å². The van der Waals surface area contributed by atoms with Crippen molar-refractivity contribution in [1.82, 2.24) is 0 Å². The molecule has 0 aromatic heterocycles. The van der Waals surface area contributed by atoms with Crippen molar-refractivity contribution < 1.29 is 13.9 Å². The number of hydrogen-bond donors (Lipinski definition) is 0. The van der Waals surface area contributed by atoms with Crippen LogP contribution < -0.4 is 0 Å². The zero-order valence-electron chi connectivity index (χ0n) is 15.5. The highest BCUT2D eigenvalue weighted by Gasteiger charge is 2.61. The maximum atomic E-state index is 13.9. The maximum Gasteiger partial charge on any atom is 0.302 e. The van der Waals surface area contributed by atoms with Crippen LogP contribution in [0.4, 0.5) is 4.39 Å². The van der Waals surface area contributed by atoms with E-state index in [1.165, 1.54) is 32.1 Å². The van der Waals surface area contributed by atoms with E-state index in [0.717, 1.165) is 37.5 Å². The first kappa shape index (κ1) is 16.8. The Bertz CT molecular complexity index is 520. The molecule has 8 atom stereocenters. The average molecular weight is 336 g/mol. The molecule has 0 unspecified atom stereocenters. The van der Waals surface area contributed by atoms with Crippen molar-refractivity contribution in [1.29, 1.82) is 0 Å². The molecule has 0 aliphatic heterocycles. The van der Waals surface area contributed by atoms with E-state index in [1.807, 2.05) is 0 Å². The Labute approximate surface area is 145 Å². The molecular weight excluding hydrogens is 303 g/mol. The lowest BCUT2D eigenvalue weighted by Crippen LogP contribution is -2.54. The van der Waals surface area contributed by atoms with Crippen LogP contribution in [0.5, 0.6) is 0 Å². The topological polar surface area (TPSA) is 26.3 Å². The van der Waals surface area contributed by atoms with Crippen LogP contribution in [-0.2, 0) is 9.53 Å². The molecule has 0 radical (unpaired) electrons. The van der Waals surface area contributed by atoms with Gasteiger partial charge in [0.05, 0.1) is 0 Å². The minimum atomic E-state index is -0.562. The van der Waals surface area contributed by atoms with E-state index < -0.39 is 6.17 Å². The summed E-state index contributed by atoms with van der Waals surface area (Å²) in [5.41, 5.74) is 0.527. The summed E-state index contributed by atoms with van der Waals surface area (Å²) < 4.78 is 19.7. The molecular formula is C21H33FO2. The minimum absolute atomic E-state index is 0.119. The Hall–Kier alpha value is -0.600. The molecule has 4 aliphatic carbocycles. The van der Waals surface area contributed by atoms with Gasteiger partial charge in [-0.1, -0.05) is 13.8 Å². The van der Waals surface area contributed by atoms with Crippen molar-refractivity contribution in [3.8, 4) is 0 Å². The van der Waals surface area contributed by atoms with E-state index in [9.17, 15) is 9.18 Å². The van der Waals surface area contributed by atoms with Gasteiger partial charge >= 0.3 is 5.97 Å². The Balaban J connectivity index is 1.57. The van der Waals surface area contributed by atoms with Crippen LogP contribution in [0, 0.1) is 34.5 Å². The van der Waals surface area contributed by atoms with Gasteiger partial charge in [0.25, 0.3) is 0 Å². The summed E-state index contributed by atoms with van der Waals surface area (Å²) in [5.74, 6) is 2.69. The fourth-order valence-corrected chi connectivity index (χ4v) is 7.55. The van der Waals surface area contributed by atoms with Crippen LogP contribution >= 0.6 is 0 Å². The highest BCUT2D eigenvalue weighted by atomic mass is 19.1. The first-order chi connectivity index (χ1) is 11.3. The third kappa shape index (κ3) is 2.36. The smallest absolute Gasteiger partial charge is 0.302 e. The van der Waals surface area contributed by atoms with Gasteiger partial charge in [-0.2, -0.15) is 0 Å². The van der Waals surface area contributed by atoms with Crippen molar-refractivity contribution >= 4 is 5.97 Å². The zero-order chi connectivity index (χ0) is 17.1. The predicted molar refractivity (Wildman–Crippen MR) is 92.2 cm³/mol. The summed E-state index contributed by atoms with van der Waals surface area (Å²) in [7, 11) is 0. The molecule has 2 nitrogen and oxygen atoms in total. The molecule has 0 N–H and O–H groups in total. The molecule has 0 amide bonds. The predicted octanol–water partition coefficient (Wildman–Crippen LogP) is 5.30. The quantitative estimate of drug-likeness (QED) is 0.607. The second kappa shape index (κ2) is 5.71. The van der Waals surface area contributed by atoms with Gasteiger partial charge in [-0.25, -0.2) is 4.39 Å². The molecule has 0 aromatic carbocycles. The lowest BCUT2D eigenvalue weighted by Gasteiger charge is -2.60. The van der Waals surface area contributed by atoms with Gasteiger partial charge in [-0.05, 0) is 86.9 Å². The number of halogens is 1. The van der Waals surface area contributed by atoms with Crippen LogP contribution in [-0.4, -0.2) is 18.2 Å².